The molecule has 1 aliphatic heterocycles. The third-order valence-corrected chi connectivity index (χ3v) is 6.27. The Morgan fingerprint density at radius 2 is 1.71 bits per heavy atom. The van der Waals surface area contributed by atoms with Gasteiger partial charge in [0.15, 0.2) is 5.60 Å². The van der Waals surface area contributed by atoms with Crippen LogP contribution in [0.2, 0.25) is 0 Å². The maximum absolute atomic E-state index is 13.1. The Kier molecular flexibility index (Phi) is 9.38. The van der Waals surface area contributed by atoms with Gasteiger partial charge in [-0.15, -0.1) is 0 Å². The van der Waals surface area contributed by atoms with Gasteiger partial charge in [0.2, 0.25) is 0 Å². The molecule has 2 N–H and O–H groups in total. The second-order valence-electron chi connectivity index (χ2n) is 10.7. The number of carbonyl (C=O) groups excluding carboxylic acids is 3. The van der Waals surface area contributed by atoms with Crippen LogP contribution in [-0.4, -0.2) is 66.0 Å². The van der Waals surface area contributed by atoms with E-state index in [-0.39, 0.29) is 12.5 Å². The number of alkyl carbamates (subject to hydrolysis) is 1. The van der Waals surface area contributed by atoms with Crippen molar-refractivity contribution in [2.75, 3.05) is 26.8 Å². The molecule has 0 spiro atoms. The van der Waals surface area contributed by atoms with Gasteiger partial charge in [0.05, 0.1) is 7.11 Å². The first-order valence-electron chi connectivity index (χ1n) is 12.8. The minimum absolute atomic E-state index is 0.0936. The predicted octanol–water partition coefficient (Wildman–Crippen LogP) is 4.03. The minimum atomic E-state index is -1.79. The van der Waals surface area contributed by atoms with E-state index in [2.05, 4.69) is 22.2 Å². The molecule has 0 saturated carbocycles. The van der Waals surface area contributed by atoms with Crippen molar-refractivity contribution in [2.45, 2.75) is 64.2 Å². The van der Waals surface area contributed by atoms with Crippen molar-refractivity contribution in [1.29, 1.82) is 0 Å². The van der Waals surface area contributed by atoms with Gasteiger partial charge in [-0.3, -0.25) is 4.79 Å². The summed E-state index contributed by atoms with van der Waals surface area (Å²) in [5.41, 5.74) is 0.328. The molecule has 1 unspecified atom stereocenters. The third kappa shape index (κ3) is 8.21. The summed E-state index contributed by atoms with van der Waals surface area (Å²) in [6, 6.07) is 14.9. The first-order valence-corrected chi connectivity index (χ1v) is 12.8. The molecule has 9 heteroatoms. The van der Waals surface area contributed by atoms with E-state index in [9.17, 15) is 19.5 Å². The van der Waals surface area contributed by atoms with E-state index in [1.807, 2.05) is 37.8 Å². The van der Waals surface area contributed by atoms with Crippen LogP contribution in [0.15, 0.2) is 48.5 Å². The summed E-state index contributed by atoms with van der Waals surface area (Å²) in [6.07, 6.45) is 1.21. The Hall–Kier alpha value is -3.59. The molecule has 3 rings (SSSR count). The molecule has 0 bridgehead atoms. The quantitative estimate of drug-likeness (QED) is 0.499. The zero-order valence-electron chi connectivity index (χ0n) is 22.8. The summed E-state index contributed by atoms with van der Waals surface area (Å²) in [6.45, 7) is 8.11. The van der Waals surface area contributed by atoms with Gasteiger partial charge in [-0.1, -0.05) is 30.3 Å². The van der Waals surface area contributed by atoms with E-state index < -0.39 is 23.3 Å². The second-order valence-corrected chi connectivity index (χ2v) is 10.7. The summed E-state index contributed by atoms with van der Waals surface area (Å²) in [7, 11) is 1.19. The number of nitrogens with zero attached hydrogens (tertiary/aromatic N) is 1. The number of hydrogen-bond donors (Lipinski definition) is 2. The third-order valence-electron chi connectivity index (χ3n) is 6.27. The molecule has 2 amide bonds. The minimum Gasteiger partial charge on any atom is -0.490 e. The Bertz CT molecular complexity index is 1130. The van der Waals surface area contributed by atoms with E-state index >= 15 is 0 Å². The fourth-order valence-electron chi connectivity index (χ4n) is 4.27. The van der Waals surface area contributed by atoms with Crippen molar-refractivity contribution in [3.05, 3.63) is 65.2 Å². The van der Waals surface area contributed by atoms with Crippen LogP contribution < -0.4 is 10.1 Å². The van der Waals surface area contributed by atoms with Gasteiger partial charge in [-0.05, 0) is 75.8 Å². The van der Waals surface area contributed by atoms with Gasteiger partial charge < -0.3 is 29.5 Å². The summed E-state index contributed by atoms with van der Waals surface area (Å²) in [5, 5.41) is 13.0. The van der Waals surface area contributed by atoms with Gasteiger partial charge in [0.1, 0.15) is 18.0 Å². The van der Waals surface area contributed by atoms with Gasteiger partial charge in [0, 0.05) is 25.2 Å². The Labute approximate surface area is 224 Å². The fraction of sp³-hybridized carbons (Fsp3) is 0.483. The number of amides is 2. The van der Waals surface area contributed by atoms with E-state index in [4.69, 9.17) is 9.47 Å². The Morgan fingerprint density at radius 1 is 1.03 bits per heavy atom. The van der Waals surface area contributed by atoms with E-state index in [1.165, 1.54) is 19.6 Å². The standard InChI is InChI=1S/C29H38N2O7/c1-28(2,3)38-27(34)30-18-20-8-6-9-22(16-20)21-12-14-31(15-13-21)25(32)23-10-7-11-24(17-23)37-19-29(4,35)26(33)36-5/h6-11,16-17,21,35H,12-15,18-19H2,1-5H3,(H,30,34). The number of carbonyl (C=O) groups is 3. The molecule has 1 aliphatic rings. The number of nitrogens with one attached hydrogen (secondary N) is 1. The number of rotatable bonds is 8. The lowest BCUT2D eigenvalue weighted by atomic mass is 9.88. The zero-order valence-corrected chi connectivity index (χ0v) is 22.8. The topological polar surface area (TPSA) is 114 Å². The lowest BCUT2D eigenvalue weighted by Crippen LogP contribution is -2.42. The Morgan fingerprint density at radius 3 is 2.37 bits per heavy atom. The zero-order chi connectivity index (χ0) is 27.9. The highest BCUT2D eigenvalue weighted by Crippen LogP contribution is 2.29. The maximum Gasteiger partial charge on any atom is 0.407 e. The molecule has 1 saturated heterocycles. The molecule has 1 heterocycles. The SMILES string of the molecule is COC(=O)C(C)(O)COc1cccc(C(=O)N2CCC(c3cccc(CNC(=O)OC(C)(C)C)c3)CC2)c1. The molecule has 0 aliphatic carbocycles. The second kappa shape index (κ2) is 12.3. The first-order chi connectivity index (χ1) is 17.9. The molecule has 9 nitrogen and oxygen atoms in total. The molecule has 1 fully saturated rings. The van der Waals surface area contributed by atoms with Crippen LogP contribution in [0.3, 0.4) is 0 Å². The number of methoxy groups -OCH3 is 1. The molecule has 38 heavy (non-hydrogen) atoms. The van der Waals surface area contributed by atoms with Crippen LogP contribution in [0.25, 0.3) is 0 Å². The molecule has 2 aromatic rings. The smallest absolute Gasteiger partial charge is 0.407 e. The molecular formula is C29H38N2O7. The number of benzene rings is 2. The average Bonchev–Trinajstić information content (AvgIpc) is 2.89. The lowest BCUT2D eigenvalue weighted by molar-refractivity contribution is -0.163. The van der Waals surface area contributed by atoms with Gasteiger partial charge >= 0.3 is 12.1 Å². The van der Waals surface area contributed by atoms with Crippen molar-refractivity contribution in [3.8, 4) is 5.75 Å². The van der Waals surface area contributed by atoms with Crippen molar-refractivity contribution in [2.24, 2.45) is 0 Å². The fourth-order valence-corrected chi connectivity index (χ4v) is 4.27. The normalized spacial score (nSPS) is 15.8. The van der Waals surface area contributed by atoms with Crippen LogP contribution in [-0.2, 0) is 20.8 Å². The number of hydrogen-bond acceptors (Lipinski definition) is 7. The van der Waals surface area contributed by atoms with Gasteiger partial charge in [-0.2, -0.15) is 0 Å². The van der Waals surface area contributed by atoms with Crippen LogP contribution in [0.1, 0.15) is 67.9 Å². The van der Waals surface area contributed by atoms with Crippen molar-refractivity contribution < 1.29 is 33.7 Å². The van der Waals surface area contributed by atoms with Crippen LogP contribution >= 0.6 is 0 Å². The van der Waals surface area contributed by atoms with E-state index in [0.717, 1.165) is 18.4 Å². The molecular weight excluding hydrogens is 488 g/mol. The van der Waals surface area contributed by atoms with Crippen LogP contribution in [0, 0.1) is 0 Å². The molecule has 1 atom stereocenters. The van der Waals surface area contributed by atoms with Crippen molar-refractivity contribution >= 4 is 18.0 Å². The van der Waals surface area contributed by atoms with Gasteiger partial charge in [0.25, 0.3) is 5.91 Å². The summed E-state index contributed by atoms with van der Waals surface area (Å²) >= 11 is 0. The average molecular weight is 527 g/mol. The van der Waals surface area contributed by atoms with Crippen molar-refractivity contribution in [1.82, 2.24) is 10.2 Å². The van der Waals surface area contributed by atoms with Crippen LogP contribution in [0.4, 0.5) is 4.79 Å². The summed E-state index contributed by atoms with van der Waals surface area (Å²) < 4.78 is 15.4. The number of aliphatic hydroxyl groups is 1. The molecule has 0 aromatic heterocycles. The highest BCUT2D eigenvalue weighted by molar-refractivity contribution is 5.94. The number of esters is 1. The van der Waals surface area contributed by atoms with E-state index in [1.54, 1.807) is 24.3 Å². The summed E-state index contributed by atoms with van der Waals surface area (Å²) in [4.78, 5) is 38.6. The first kappa shape index (κ1) is 29.0. The predicted molar refractivity (Wildman–Crippen MR) is 142 cm³/mol. The highest BCUT2D eigenvalue weighted by Gasteiger charge is 2.32. The largest absolute Gasteiger partial charge is 0.490 e. The summed E-state index contributed by atoms with van der Waals surface area (Å²) in [5.74, 6) is -0.191. The number of piperidine rings is 1. The highest BCUT2D eigenvalue weighted by atomic mass is 16.6. The molecule has 0 radical (unpaired) electrons. The molecule has 206 valence electrons. The monoisotopic (exact) mass is 526 g/mol. The maximum atomic E-state index is 13.1. The molecule has 2 aromatic carbocycles. The van der Waals surface area contributed by atoms with Gasteiger partial charge in [-0.25, -0.2) is 9.59 Å². The number of likely N-dealkylation sites (tertiary alicyclic amines) is 1. The lowest BCUT2D eigenvalue weighted by Gasteiger charge is -2.32. The number of ether oxygens (including phenoxy) is 3. The van der Waals surface area contributed by atoms with E-state index in [0.29, 0.717) is 36.9 Å². The van der Waals surface area contributed by atoms with Crippen LogP contribution in [0.5, 0.6) is 5.75 Å². The Balaban J connectivity index is 1.54. The van der Waals surface area contributed by atoms with Crippen molar-refractivity contribution in [3.63, 3.8) is 0 Å².